The zero-order valence-corrected chi connectivity index (χ0v) is 8.91. The van der Waals surface area contributed by atoms with Crippen molar-refractivity contribution < 1.29 is 0 Å². The summed E-state index contributed by atoms with van der Waals surface area (Å²) in [5.41, 5.74) is 1.64. The molecule has 14 heavy (non-hydrogen) atoms. The minimum atomic E-state index is 0.936. The maximum absolute atomic E-state index is 2.32. The molecule has 2 saturated carbocycles. The third-order valence-corrected chi connectivity index (χ3v) is 4.59. The van der Waals surface area contributed by atoms with Gasteiger partial charge in [0.25, 0.3) is 0 Å². The lowest BCUT2D eigenvalue weighted by Crippen LogP contribution is -2.09. The van der Waals surface area contributed by atoms with Crippen molar-refractivity contribution in [2.75, 3.05) is 0 Å². The van der Waals surface area contributed by atoms with Gasteiger partial charge in [-0.1, -0.05) is 43.9 Å². The molecule has 0 nitrogen and oxygen atoms in total. The van der Waals surface area contributed by atoms with Gasteiger partial charge in [-0.25, -0.2) is 0 Å². The third kappa shape index (κ3) is 1.45. The van der Waals surface area contributed by atoms with E-state index in [1.54, 1.807) is 5.57 Å². The summed E-state index contributed by atoms with van der Waals surface area (Å²) in [4.78, 5) is 0. The second-order valence-electron chi connectivity index (χ2n) is 5.34. The van der Waals surface area contributed by atoms with Gasteiger partial charge in [-0.3, -0.25) is 0 Å². The largest absolute Gasteiger partial charge is 0.0617 e. The van der Waals surface area contributed by atoms with Crippen LogP contribution in [0.1, 0.15) is 44.9 Å². The number of rotatable bonds is 2. The van der Waals surface area contributed by atoms with E-state index in [-0.39, 0.29) is 0 Å². The van der Waals surface area contributed by atoms with Gasteiger partial charge in [0.1, 0.15) is 0 Å². The van der Waals surface area contributed by atoms with Crippen LogP contribution in [0.2, 0.25) is 0 Å². The summed E-state index contributed by atoms with van der Waals surface area (Å²) in [6.07, 6.45) is 17.4. The van der Waals surface area contributed by atoms with E-state index in [4.69, 9.17) is 0 Å². The monoisotopic (exact) mass is 188 g/mol. The van der Waals surface area contributed by atoms with Gasteiger partial charge in [-0.2, -0.15) is 0 Å². The SMILES string of the molecule is C1=CC(C2CCC(C3CCCC3)C2)=C1. The molecule has 0 amide bonds. The molecule has 3 aliphatic carbocycles. The van der Waals surface area contributed by atoms with E-state index < -0.39 is 0 Å². The third-order valence-electron chi connectivity index (χ3n) is 4.59. The zero-order chi connectivity index (χ0) is 9.38. The van der Waals surface area contributed by atoms with Crippen LogP contribution < -0.4 is 0 Å². The van der Waals surface area contributed by atoms with Crippen LogP contribution in [0.15, 0.2) is 23.8 Å². The Balaban J connectivity index is 1.58. The van der Waals surface area contributed by atoms with E-state index in [9.17, 15) is 0 Å². The average molecular weight is 188 g/mol. The van der Waals surface area contributed by atoms with Gasteiger partial charge in [0.15, 0.2) is 0 Å². The molecule has 0 heteroatoms. The summed E-state index contributed by atoms with van der Waals surface area (Å²) in [5, 5.41) is 0. The van der Waals surface area contributed by atoms with Crippen LogP contribution in [0.4, 0.5) is 0 Å². The molecule has 2 unspecified atom stereocenters. The van der Waals surface area contributed by atoms with E-state index in [1.807, 2.05) is 0 Å². The molecule has 76 valence electrons. The topological polar surface area (TPSA) is 0 Å². The number of hydrogen-bond donors (Lipinski definition) is 0. The van der Waals surface area contributed by atoms with Crippen molar-refractivity contribution in [1.29, 1.82) is 0 Å². The summed E-state index contributed by atoms with van der Waals surface area (Å²) in [6.45, 7) is 0. The molecule has 0 N–H and O–H groups in total. The molecule has 3 rings (SSSR count). The first-order chi connectivity index (χ1) is 6.93. The average Bonchev–Trinajstić information content (AvgIpc) is 2.65. The zero-order valence-electron chi connectivity index (χ0n) is 8.91. The Morgan fingerprint density at radius 2 is 1.71 bits per heavy atom. The molecular formula is C14H20. The molecule has 2 fully saturated rings. The second kappa shape index (κ2) is 3.56. The molecule has 2 atom stereocenters. The van der Waals surface area contributed by atoms with Crippen molar-refractivity contribution in [3.63, 3.8) is 0 Å². The number of hydrogen-bond acceptors (Lipinski definition) is 0. The highest BCUT2D eigenvalue weighted by Gasteiger charge is 2.33. The normalized spacial score (nSPS) is 37.3. The highest BCUT2D eigenvalue weighted by atomic mass is 14.4. The van der Waals surface area contributed by atoms with Crippen molar-refractivity contribution in [1.82, 2.24) is 0 Å². The lowest BCUT2D eigenvalue weighted by molar-refractivity contribution is 0.340. The fourth-order valence-corrected chi connectivity index (χ4v) is 3.66. The quantitative estimate of drug-likeness (QED) is 0.612. The van der Waals surface area contributed by atoms with E-state index in [0.29, 0.717) is 0 Å². The van der Waals surface area contributed by atoms with Crippen LogP contribution >= 0.6 is 0 Å². The van der Waals surface area contributed by atoms with E-state index in [2.05, 4.69) is 18.2 Å². The van der Waals surface area contributed by atoms with Crippen LogP contribution in [0.5, 0.6) is 0 Å². The molecule has 3 aliphatic rings. The Labute approximate surface area is 87.1 Å². The summed E-state index contributed by atoms with van der Waals surface area (Å²) >= 11 is 0. The van der Waals surface area contributed by atoms with E-state index in [1.165, 1.54) is 44.9 Å². The van der Waals surface area contributed by atoms with E-state index >= 15 is 0 Å². The Morgan fingerprint density at radius 1 is 0.929 bits per heavy atom. The van der Waals surface area contributed by atoms with Gasteiger partial charge >= 0.3 is 0 Å². The predicted octanol–water partition coefficient (Wildman–Crippen LogP) is 4.09. The summed E-state index contributed by atoms with van der Waals surface area (Å²) in [5.74, 6) is 3.12. The maximum atomic E-state index is 2.32. The fourth-order valence-electron chi connectivity index (χ4n) is 3.66. The molecular weight excluding hydrogens is 168 g/mol. The van der Waals surface area contributed by atoms with Crippen LogP contribution in [-0.4, -0.2) is 0 Å². The lowest BCUT2D eigenvalue weighted by atomic mass is 9.86. The highest BCUT2D eigenvalue weighted by molar-refractivity contribution is 5.37. The predicted molar refractivity (Wildman–Crippen MR) is 60.0 cm³/mol. The maximum Gasteiger partial charge on any atom is -0.0159 e. The smallest absolute Gasteiger partial charge is 0.0159 e. The van der Waals surface area contributed by atoms with Gasteiger partial charge in [-0.15, -0.1) is 0 Å². The molecule has 0 bridgehead atoms. The van der Waals surface area contributed by atoms with Crippen molar-refractivity contribution >= 4 is 0 Å². The molecule has 0 heterocycles. The Morgan fingerprint density at radius 3 is 2.36 bits per heavy atom. The Kier molecular flexibility index (Phi) is 2.23. The first-order valence-electron chi connectivity index (χ1n) is 6.32. The minimum Gasteiger partial charge on any atom is -0.0617 e. The molecule has 0 saturated heterocycles. The van der Waals surface area contributed by atoms with Crippen molar-refractivity contribution in [3.8, 4) is 0 Å². The second-order valence-corrected chi connectivity index (χ2v) is 5.34. The summed E-state index contributed by atoms with van der Waals surface area (Å²) in [7, 11) is 0. The summed E-state index contributed by atoms with van der Waals surface area (Å²) in [6, 6.07) is 0. The molecule has 0 aromatic heterocycles. The minimum absolute atomic E-state index is 0.936. The van der Waals surface area contributed by atoms with Gasteiger partial charge in [0.05, 0.1) is 0 Å². The molecule has 0 radical (unpaired) electrons. The van der Waals surface area contributed by atoms with Crippen LogP contribution in [-0.2, 0) is 0 Å². The van der Waals surface area contributed by atoms with E-state index in [0.717, 1.165) is 17.8 Å². The summed E-state index contributed by atoms with van der Waals surface area (Å²) < 4.78 is 0. The van der Waals surface area contributed by atoms with Crippen molar-refractivity contribution in [2.45, 2.75) is 44.9 Å². The van der Waals surface area contributed by atoms with Crippen molar-refractivity contribution in [2.24, 2.45) is 17.8 Å². The molecule has 0 aliphatic heterocycles. The van der Waals surface area contributed by atoms with Gasteiger partial charge < -0.3 is 0 Å². The van der Waals surface area contributed by atoms with Crippen LogP contribution in [0.3, 0.4) is 0 Å². The van der Waals surface area contributed by atoms with Crippen molar-refractivity contribution in [3.05, 3.63) is 23.8 Å². The van der Waals surface area contributed by atoms with Gasteiger partial charge in [0, 0.05) is 0 Å². The van der Waals surface area contributed by atoms with Crippen LogP contribution in [0.25, 0.3) is 0 Å². The Bertz CT molecular complexity index is 266. The molecule has 0 aromatic carbocycles. The lowest BCUT2D eigenvalue weighted by Gasteiger charge is -2.19. The Hall–Kier alpha value is -0.520. The van der Waals surface area contributed by atoms with Crippen LogP contribution in [0, 0.1) is 17.8 Å². The van der Waals surface area contributed by atoms with Gasteiger partial charge in [0.2, 0.25) is 0 Å². The highest BCUT2D eigenvalue weighted by Crippen LogP contribution is 2.45. The fraction of sp³-hybridized carbons (Fsp3) is 0.714. The molecule has 0 spiro atoms. The number of allylic oxidation sites excluding steroid dienone is 4. The van der Waals surface area contributed by atoms with Gasteiger partial charge in [-0.05, 0) is 42.6 Å². The molecule has 0 aromatic rings. The standard InChI is InChI=1S/C14H20/c1-2-5-11(4-1)13-8-9-14(10-13)12-6-3-7-12/h3,6-7,11,13-14H,1-2,4-5,8-10H2. The first-order valence-corrected chi connectivity index (χ1v) is 6.32. The first kappa shape index (κ1) is 8.76.